The van der Waals surface area contributed by atoms with Crippen molar-refractivity contribution < 1.29 is 79.1 Å². The zero-order valence-electron chi connectivity index (χ0n) is 25.1. The largest absolute Gasteiger partial charge is 0.514 e. The summed E-state index contributed by atoms with van der Waals surface area (Å²) in [7, 11) is 1.54. The molecular weight excluding hydrogens is 616 g/mol. The summed E-state index contributed by atoms with van der Waals surface area (Å²) in [5, 5.41) is 86.6. The second-order valence-electron chi connectivity index (χ2n) is 10.2. The number of likely N-dealkylation sites (N-methyl/N-ethyl adjacent to an activating group) is 1. The van der Waals surface area contributed by atoms with E-state index < -0.39 is 55.5 Å². The Bertz CT molecular complexity index is 1480. The molecule has 0 aliphatic heterocycles. The molecule has 6 atom stereocenters. The van der Waals surface area contributed by atoms with Crippen molar-refractivity contribution in [2.45, 2.75) is 50.0 Å². The number of carbonyl (C=O) groups excluding carboxylic acids is 2. The van der Waals surface area contributed by atoms with E-state index in [1.54, 1.807) is 6.92 Å². The molecule has 0 saturated heterocycles. The van der Waals surface area contributed by atoms with Crippen molar-refractivity contribution in [3.8, 4) is 11.5 Å². The molecule has 0 aliphatic carbocycles. The van der Waals surface area contributed by atoms with E-state index in [2.05, 4.69) is 10.6 Å². The van der Waals surface area contributed by atoms with Crippen LogP contribution in [0.3, 0.4) is 0 Å². The number of aliphatic hydroxyl groups excluding tert-OH is 6. The number of aliphatic hydroxyl groups is 6. The van der Waals surface area contributed by atoms with E-state index >= 15 is 0 Å². The average molecular weight is 657 g/mol. The molecule has 254 valence electrons. The Labute approximate surface area is 262 Å². The first-order valence-corrected chi connectivity index (χ1v) is 14.3. The number of carbonyl (C=O) groups is 2. The van der Waals surface area contributed by atoms with Gasteiger partial charge in [-0.1, -0.05) is 19.1 Å². The van der Waals surface area contributed by atoms with E-state index in [1.807, 2.05) is 0 Å². The van der Waals surface area contributed by atoms with Crippen LogP contribution in [0.1, 0.15) is 13.3 Å². The van der Waals surface area contributed by atoms with E-state index in [1.165, 1.54) is 43.4 Å². The molecule has 0 saturated carbocycles. The van der Waals surface area contributed by atoms with Crippen molar-refractivity contribution in [2.75, 3.05) is 39.9 Å². The van der Waals surface area contributed by atoms with Gasteiger partial charge in [0.15, 0.2) is 0 Å². The van der Waals surface area contributed by atoms with E-state index in [0.29, 0.717) is 15.9 Å². The Hall–Kier alpha value is -4.14. The van der Waals surface area contributed by atoms with Gasteiger partial charge in [-0.2, -0.15) is 0 Å². The van der Waals surface area contributed by atoms with Crippen molar-refractivity contribution in [2.24, 2.45) is 0 Å². The number of para-hydroxylation sites is 2. The molecule has 0 aliphatic rings. The molecule has 3 rings (SSSR count). The molecule has 0 radical (unpaired) electrons. The van der Waals surface area contributed by atoms with Gasteiger partial charge in [-0.3, -0.25) is 10.4 Å². The first-order chi connectivity index (χ1) is 21.9. The minimum atomic E-state index is -1.68. The van der Waals surface area contributed by atoms with Crippen LogP contribution in [0.4, 0.5) is 9.59 Å². The van der Waals surface area contributed by atoms with Gasteiger partial charge in [0.1, 0.15) is 31.5 Å². The lowest BCUT2D eigenvalue weighted by Gasteiger charge is -2.26. The number of rotatable bonds is 16. The minimum Gasteiger partial charge on any atom is -0.431 e. The maximum Gasteiger partial charge on any atom is 0.514 e. The number of ether oxygens (including phenoxy) is 4. The smallest absolute Gasteiger partial charge is 0.431 e. The van der Waals surface area contributed by atoms with Gasteiger partial charge in [-0.05, 0) is 25.6 Å². The van der Waals surface area contributed by atoms with Crippen LogP contribution in [0.5, 0.6) is 11.5 Å². The van der Waals surface area contributed by atoms with Gasteiger partial charge in [0.05, 0.1) is 18.3 Å². The Morgan fingerprint density at radius 2 is 1.17 bits per heavy atom. The van der Waals surface area contributed by atoms with Crippen LogP contribution in [0.2, 0.25) is 0 Å². The van der Waals surface area contributed by atoms with Crippen molar-refractivity contribution in [1.29, 1.82) is 0 Å². The third-order valence-electron chi connectivity index (χ3n) is 6.77. The molecule has 0 spiro atoms. The maximum atomic E-state index is 12.4. The molecule has 0 amide bonds. The van der Waals surface area contributed by atoms with Gasteiger partial charge in [0, 0.05) is 41.2 Å². The summed E-state index contributed by atoms with van der Waals surface area (Å²) in [5.41, 5.74) is -0.491. The molecule has 0 bridgehead atoms. The highest BCUT2D eigenvalue weighted by Crippen LogP contribution is 2.26. The summed E-state index contributed by atoms with van der Waals surface area (Å²) in [4.78, 5) is 24.6. The Kier molecular flexibility index (Phi) is 13.4. The number of nitrogens with one attached hydrogen (secondary N) is 2. The van der Waals surface area contributed by atoms with Gasteiger partial charge in [0.2, 0.25) is 11.5 Å². The SMILES string of the molecule is CCC(O)COC(=O)Oc1cccc2c1[n+](O)c1cccc(OC(=O)OCC(O)CNCC(O)C(O)C(O)C(O)CNC)c1[n+]2O. The van der Waals surface area contributed by atoms with Crippen molar-refractivity contribution >= 4 is 34.4 Å². The van der Waals surface area contributed by atoms with Crippen LogP contribution in [0.25, 0.3) is 22.1 Å². The lowest BCUT2D eigenvalue weighted by atomic mass is 10.0. The molecule has 6 unspecified atom stereocenters. The van der Waals surface area contributed by atoms with Gasteiger partial charge in [-0.15, -0.1) is 0 Å². The Balaban J connectivity index is 1.64. The summed E-state index contributed by atoms with van der Waals surface area (Å²) in [6, 6.07) is 8.17. The summed E-state index contributed by atoms with van der Waals surface area (Å²) in [6.45, 7) is 0.329. The van der Waals surface area contributed by atoms with Crippen molar-refractivity contribution in [3.05, 3.63) is 36.4 Å². The van der Waals surface area contributed by atoms with Gasteiger partial charge >= 0.3 is 34.4 Å². The number of nitrogens with zero attached hydrogens (tertiary/aromatic N) is 2. The Morgan fingerprint density at radius 3 is 1.63 bits per heavy atom. The predicted octanol–water partition coefficient (Wildman–Crippen LogP) is -2.54. The first-order valence-electron chi connectivity index (χ1n) is 14.3. The van der Waals surface area contributed by atoms with Crippen LogP contribution in [0.15, 0.2) is 36.4 Å². The monoisotopic (exact) mass is 656 g/mol. The number of benzene rings is 2. The number of fused-ring (bicyclic) bond motifs is 2. The lowest BCUT2D eigenvalue weighted by Crippen LogP contribution is -2.50. The van der Waals surface area contributed by atoms with Crippen LogP contribution in [-0.4, -0.2) is 130 Å². The molecular formula is C28H40N4O14+2. The molecule has 0 fully saturated rings. The topological polar surface area (TPSA) is 265 Å². The van der Waals surface area contributed by atoms with E-state index in [-0.39, 0.29) is 59.8 Å². The number of hydrogen-bond donors (Lipinski definition) is 10. The van der Waals surface area contributed by atoms with Gasteiger partial charge in [0.25, 0.3) is 0 Å². The first kappa shape index (κ1) is 36.3. The molecule has 2 aromatic carbocycles. The molecule has 1 aromatic heterocycles. The zero-order valence-corrected chi connectivity index (χ0v) is 25.1. The van der Waals surface area contributed by atoms with Gasteiger partial charge < -0.3 is 60.2 Å². The van der Waals surface area contributed by atoms with E-state index in [9.17, 15) is 50.6 Å². The molecule has 18 heteroatoms. The third-order valence-corrected chi connectivity index (χ3v) is 6.77. The highest BCUT2D eigenvalue weighted by molar-refractivity contribution is 5.85. The molecule has 1 heterocycles. The lowest BCUT2D eigenvalue weighted by molar-refractivity contribution is -0.894. The summed E-state index contributed by atoms with van der Waals surface area (Å²) in [5.74, 6) is -0.448. The van der Waals surface area contributed by atoms with Crippen molar-refractivity contribution in [3.63, 3.8) is 0 Å². The number of aromatic nitrogens is 2. The highest BCUT2D eigenvalue weighted by atomic mass is 16.7. The fraction of sp³-hybridized carbons (Fsp3) is 0.500. The quantitative estimate of drug-likeness (QED) is 0.0250. The molecule has 3 aromatic rings. The molecule has 18 nitrogen and oxygen atoms in total. The van der Waals surface area contributed by atoms with E-state index in [4.69, 9.17) is 18.9 Å². The normalized spacial score (nSPS) is 15.5. The maximum absolute atomic E-state index is 12.4. The number of hydrogen-bond acceptors (Lipinski definition) is 16. The highest BCUT2D eigenvalue weighted by Gasteiger charge is 2.36. The molecule has 46 heavy (non-hydrogen) atoms. The summed E-state index contributed by atoms with van der Waals surface area (Å²) >= 11 is 0. The minimum absolute atomic E-state index is 0.0155. The predicted molar refractivity (Wildman–Crippen MR) is 153 cm³/mol. The fourth-order valence-corrected chi connectivity index (χ4v) is 4.24. The zero-order chi connectivity index (χ0) is 34.0. The summed E-state index contributed by atoms with van der Waals surface area (Å²) in [6.07, 6.45) is -10.4. The van der Waals surface area contributed by atoms with Crippen LogP contribution >= 0.6 is 0 Å². The second-order valence-corrected chi connectivity index (χ2v) is 10.2. The average Bonchev–Trinajstić information content (AvgIpc) is 3.04. The second kappa shape index (κ2) is 17.0. The van der Waals surface area contributed by atoms with Crippen LogP contribution < -0.4 is 29.6 Å². The molecule has 10 N–H and O–H groups in total. The van der Waals surface area contributed by atoms with Crippen LogP contribution in [0, 0.1) is 0 Å². The summed E-state index contributed by atoms with van der Waals surface area (Å²) < 4.78 is 21.4. The standard InChI is InChI=1S/C28H40N4O14/c1-3-15(33)13-43-27(39)45-21-8-4-6-17-23(21)31(41)18-7-5-9-22(24(18)32(17)42)46-28(40)44-14-16(34)10-30-12-20(36)26(38)25(37)19(35)11-29-2/h4-9,15-16,19-20,25-26,29-30,33-38,41-42H,3,10-14H2,1-2H3/q+2. The van der Waals surface area contributed by atoms with E-state index in [0.717, 1.165) is 0 Å². The fourth-order valence-electron chi connectivity index (χ4n) is 4.24. The van der Waals surface area contributed by atoms with Crippen LogP contribution in [-0.2, 0) is 9.47 Å². The van der Waals surface area contributed by atoms with Gasteiger partial charge in [-0.25, -0.2) is 9.59 Å². The van der Waals surface area contributed by atoms with Crippen molar-refractivity contribution in [1.82, 2.24) is 10.6 Å². The third kappa shape index (κ3) is 9.21. The Morgan fingerprint density at radius 1 is 0.717 bits per heavy atom.